The van der Waals surface area contributed by atoms with Crippen LogP contribution in [0.4, 0.5) is 11.4 Å². The summed E-state index contributed by atoms with van der Waals surface area (Å²) < 4.78 is 23.5. The molecule has 1 aliphatic carbocycles. The molecule has 2 atom stereocenters. The third-order valence-electron chi connectivity index (χ3n) is 10.1. The average molecular weight is 623 g/mol. The minimum Gasteiger partial charge on any atom is -0.493 e. The Morgan fingerprint density at radius 1 is 0.870 bits per heavy atom. The molecule has 0 bridgehead atoms. The first-order chi connectivity index (χ1) is 22.4. The lowest BCUT2D eigenvalue weighted by Crippen LogP contribution is -2.44. The molecule has 4 heterocycles. The van der Waals surface area contributed by atoms with E-state index in [0.717, 1.165) is 37.2 Å². The van der Waals surface area contributed by atoms with Crippen LogP contribution in [-0.4, -0.2) is 80.4 Å². The molecule has 1 saturated carbocycles. The van der Waals surface area contributed by atoms with Crippen molar-refractivity contribution in [2.24, 2.45) is 10.4 Å². The SMILES string of the molecule is COc1cc2c(cc1OCCCOc1cc3c(cc1OC)C(=O)N1CC4(CC4)C[C@H]1CN3)N=C[C@@H]1Cc3ccccc3CN1C2=O. The third kappa shape index (κ3) is 5.00. The highest BCUT2D eigenvalue weighted by Gasteiger charge is 2.54. The number of methoxy groups -OCH3 is 2. The summed E-state index contributed by atoms with van der Waals surface area (Å²) in [5, 5.41) is 3.50. The topological polar surface area (TPSA) is 102 Å². The highest BCUT2D eigenvalue weighted by molar-refractivity contribution is 6.04. The molecule has 46 heavy (non-hydrogen) atoms. The molecule has 1 saturated heterocycles. The maximum atomic E-state index is 13.6. The van der Waals surface area contributed by atoms with E-state index in [1.807, 2.05) is 34.2 Å². The van der Waals surface area contributed by atoms with Gasteiger partial charge in [-0.2, -0.15) is 0 Å². The van der Waals surface area contributed by atoms with Crippen LogP contribution in [0, 0.1) is 5.41 Å². The van der Waals surface area contributed by atoms with Crippen molar-refractivity contribution >= 4 is 29.4 Å². The monoisotopic (exact) mass is 622 g/mol. The van der Waals surface area contributed by atoms with Crippen molar-refractivity contribution in [2.45, 2.75) is 50.7 Å². The normalized spacial score (nSPS) is 21.6. The van der Waals surface area contributed by atoms with E-state index in [1.165, 1.54) is 18.4 Å². The first kappa shape index (κ1) is 28.7. The Labute approximate surface area is 268 Å². The number of carbonyl (C=O) groups excluding carboxylic acids is 2. The molecule has 0 radical (unpaired) electrons. The van der Waals surface area contributed by atoms with Crippen molar-refractivity contribution in [2.75, 3.05) is 45.8 Å². The summed E-state index contributed by atoms with van der Waals surface area (Å²) in [5.74, 6) is 2.11. The second-order valence-electron chi connectivity index (χ2n) is 13.0. The number of aliphatic imine (C=N–C) groups is 1. The Kier molecular flexibility index (Phi) is 7.03. The van der Waals surface area contributed by atoms with Crippen LogP contribution in [0.25, 0.3) is 0 Å². The number of rotatable bonds is 8. The van der Waals surface area contributed by atoms with E-state index in [4.69, 9.17) is 23.9 Å². The molecular formula is C36H38N4O6. The zero-order valence-corrected chi connectivity index (χ0v) is 26.2. The van der Waals surface area contributed by atoms with Crippen LogP contribution >= 0.6 is 0 Å². The smallest absolute Gasteiger partial charge is 0.257 e. The van der Waals surface area contributed by atoms with Crippen molar-refractivity contribution in [3.8, 4) is 23.0 Å². The lowest BCUT2D eigenvalue weighted by atomic mass is 9.94. The molecule has 8 rings (SSSR count). The maximum Gasteiger partial charge on any atom is 0.257 e. The zero-order valence-electron chi connectivity index (χ0n) is 26.2. The predicted octanol–water partition coefficient (Wildman–Crippen LogP) is 5.25. The van der Waals surface area contributed by atoms with E-state index in [1.54, 1.807) is 32.4 Å². The van der Waals surface area contributed by atoms with E-state index in [2.05, 4.69) is 17.4 Å². The average Bonchev–Trinajstić information content (AvgIpc) is 3.78. The fourth-order valence-corrected chi connectivity index (χ4v) is 7.41. The van der Waals surface area contributed by atoms with Gasteiger partial charge in [0.05, 0.1) is 56.0 Å². The van der Waals surface area contributed by atoms with Crippen molar-refractivity contribution in [1.29, 1.82) is 0 Å². The summed E-state index contributed by atoms with van der Waals surface area (Å²) in [6, 6.07) is 15.5. The second-order valence-corrected chi connectivity index (χ2v) is 13.0. The fourth-order valence-electron chi connectivity index (χ4n) is 7.41. The molecule has 10 nitrogen and oxygen atoms in total. The van der Waals surface area contributed by atoms with Crippen molar-refractivity contribution in [1.82, 2.24) is 9.80 Å². The zero-order chi connectivity index (χ0) is 31.4. The number of hydrogen-bond donors (Lipinski definition) is 1. The van der Waals surface area contributed by atoms with Crippen molar-refractivity contribution in [3.63, 3.8) is 0 Å². The minimum atomic E-state index is -0.104. The van der Waals surface area contributed by atoms with Crippen LogP contribution in [0.5, 0.6) is 23.0 Å². The molecule has 3 aromatic rings. The Morgan fingerprint density at radius 3 is 2.30 bits per heavy atom. The lowest BCUT2D eigenvalue weighted by molar-refractivity contribution is 0.0702. The van der Waals surface area contributed by atoms with Gasteiger partial charge in [-0.3, -0.25) is 14.6 Å². The Bertz CT molecular complexity index is 1750. The summed E-state index contributed by atoms with van der Waals surface area (Å²) in [5.41, 5.74) is 5.24. The van der Waals surface area contributed by atoms with Crippen LogP contribution in [0.2, 0.25) is 0 Å². The third-order valence-corrected chi connectivity index (χ3v) is 10.1. The van der Waals surface area contributed by atoms with Crippen molar-refractivity contribution < 1.29 is 28.5 Å². The number of ether oxygens (including phenoxy) is 4. The summed E-state index contributed by atoms with van der Waals surface area (Å²) in [6.07, 6.45) is 6.71. The number of anilines is 1. The van der Waals surface area contributed by atoms with Crippen LogP contribution in [-0.2, 0) is 13.0 Å². The highest BCUT2D eigenvalue weighted by Crippen LogP contribution is 2.55. The highest BCUT2D eigenvalue weighted by atomic mass is 16.5. The number of fused-ring (bicyclic) bond motifs is 5. The van der Waals surface area contributed by atoms with Gasteiger partial charge in [-0.25, -0.2) is 0 Å². The fraction of sp³-hybridized carbons (Fsp3) is 0.417. The number of carbonyl (C=O) groups is 2. The summed E-state index contributed by atoms with van der Waals surface area (Å²) in [7, 11) is 3.16. The van der Waals surface area contributed by atoms with Crippen molar-refractivity contribution in [3.05, 3.63) is 70.8 Å². The Balaban J connectivity index is 0.921. The number of nitrogens with one attached hydrogen (secondary N) is 1. The van der Waals surface area contributed by atoms with E-state index in [9.17, 15) is 9.59 Å². The van der Waals surface area contributed by atoms with E-state index in [0.29, 0.717) is 71.4 Å². The van der Waals surface area contributed by atoms with Gasteiger partial charge in [0.25, 0.3) is 11.8 Å². The molecule has 5 aliphatic rings. The summed E-state index contributed by atoms with van der Waals surface area (Å²) >= 11 is 0. The van der Waals surface area contributed by atoms with Crippen LogP contribution < -0.4 is 24.3 Å². The predicted molar refractivity (Wildman–Crippen MR) is 173 cm³/mol. The maximum absolute atomic E-state index is 13.6. The molecule has 2 amide bonds. The lowest BCUT2D eigenvalue weighted by Gasteiger charge is -2.34. The van der Waals surface area contributed by atoms with Gasteiger partial charge in [0.1, 0.15) is 0 Å². The molecule has 3 aromatic carbocycles. The Hall–Kier alpha value is -4.73. The molecule has 10 heteroatoms. The van der Waals surface area contributed by atoms with Gasteiger partial charge in [0, 0.05) is 50.4 Å². The van der Waals surface area contributed by atoms with E-state index >= 15 is 0 Å². The number of benzene rings is 3. The molecule has 1 spiro atoms. The largest absolute Gasteiger partial charge is 0.493 e. The van der Waals surface area contributed by atoms with Gasteiger partial charge in [-0.05, 0) is 54.4 Å². The van der Waals surface area contributed by atoms with E-state index < -0.39 is 0 Å². The molecule has 1 N–H and O–H groups in total. The van der Waals surface area contributed by atoms with Gasteiger partial charge in [0.15, 0.2) is 23.0 Å². The summed E-state index contributed by atoms with van der Waals surface area (Å²) in [6.45, 7) is 2.88. The molecule has 4 aliphatic heterocycles. The second kappa shape index (κ2) is 11.3. The summed E-state index contributed by atoms with van der Waals surface area (Å²) in [4.78, 5) is 35.8. The number of amides is 2. The Morgan fingerprint density at radius 2 is 1.57 bits per heavy atom. The molecule has 238 valence electrons. The first-order valence-corrected chi connectivity index (χ1v) is 16.1. The molecular weight excluding hydrogens is 584 g/mol. The standard InChI is InChI=1S/C36H38N4O6/c1-43-30-13-26-28(37-18-24-12-22-6-3-4-7-23(22)20-39(24)34(26)41)15-32(30)45-10-5-11-46-33-16-29-27(14-31(33)44-2)35(42)40-21-36(8-9-36)17-25(40)19-38-29/h3-4,6-7,13-16,18,24-25,38H,5,8-12,17,19-21H2,1-2H3/t24-,25-/m0/s1. The molecule has 0 unspecified atom stereocenters. The minimum absolute atomic E-state index is 0.0637. The van der Waals surface area contributed by atoms with E-state index in [-0.39, 0.29) is 23.9 Å². The van der Waals surface area contributed by atoms with Crippen LogP contribution in [0.15, 0.2) is 53.5 Å². The van der Waals surface area contributed by atoms with Crippen LogP contribution in [0.3, 0.4) is 0 Å². The van der Waals surface area contributed by atoms with Gasteiger partial charge in [0.2, 0.25) is 0 Å². The molecule has 2 fully saturated rings. The van der Waals surface area contributed by atoms with Crippen LogP contribution in [0.1, 0.15) is 57.5 Å². The van der Waals surface area contributed by atoms with Gasteiger partial charge >= 0.3 is 0 Å². The quantitative estimate of drug-likeness (QED) is 0.342. The molecule has 0 aromatic heterocycles. The number of nitrogens with zero attached hydrogens (tertiary/aromatic N) is 3. The van der Waals surface area contributed by atoms with Gasteiger partial charge < -0.3 is 34.1 Å². The first-order valence-electron chi connectivity index (χ1n) is 16.1. The number of hydrogen-bond acceptors (Lipinski definition) is 8. The van der Waals surface area contributed by atoms with Gasteiger partial charge in [-0.15, -0.1) is 0 Å². The van der Waals surface area contributed by atoms with Gasteiger partial charge in [-0.1, -0.05) is 24.3 Å².